The number of aryl methyl sites for hydroxylation is 1. The Kier molecular flexibility index (Phi) is 12.2. The number of imide groups is 1. The minimum Gasteiger partial charge on any atom is -0.496 e. The second-order valence-electron chi connectivity index (χ2n) is 14.9. The van der Waals surface area contributed by atoms with E-state index in [9.17, 15) is 24.0 Å². The summed E-state index contributed by atoms with van der Waals surface area (Å²) in [6.45, 7) is 3.47. The van der Waals surface area contributed by atoms with E-state index in [1.54, 1.807) is 37.4 Å². The number of anilines is 4. The number of nitrogens with zero attached hydrogens (tertiary/aromatic N) is 6. The fourth-order valence-electron chi connectivity index (χ4n) is 7.55. The summed E-state index contributed by atoms with van der Waals surface area (Å²) < 4.78 is 28.8. The zero-order chi connectivity index (χ0) is 41.8. The van der Waals surface area contributed by atoms with Crippen molar-refractivity contribution in [1.29, 1.82) is 0 Å². The molecule has 1 atom stereocenters. The van der Waals surface area contributed by atoms with E-state index in [0.29, 0.717) is 97.8 Å². The molecule has 0 bridgehead atoms. The molecule has 17 nitrogen and oxygen atoms in total. The molecular weight excluding hydrogens is 787 g/mol. The number of carbonyl (C=O) groups excluding carboxylic acids is 4. The third kappa shape index (κ3) is 9.33. The van der Waals surface area contributed by atoms with Crippen molar-refractivity contribution in [2.75, 3.05) is 81.7 Å². The van der Waals surface area contributed by atoms with Crippen LogP contribution in [0.2, 0.25) is 5.02 Å². The Balaban J connectivity index is 0.924. The zero-order valence-corrected chi connectivity index (χ0v) is 33.7. The summed E-state index contributed by atoms with van der Waals surface area (Å²) in [4.78, 5) is 76.5. The summed E-state index contributed by atoms with van der Waals surface area (Å²) >= 11 is 6.52. The molecule has 2 aromatic carbocycles. The molecular formula is C40H46ClFN10O7. The topological polar surface area (TPSA) is 192 Å². The van der Waals surface area contributed by atoms with E-state index >= 15 is 4.39 Å². The second kappa shape index (κ2) is 17.5. The van der Waals surface area contributed by atoms with Gasteiger partial charge in [-0.2, -0.15) is 4.98 Å². The van der Waals surface area contributed by atoms with Crippen LogP contribution in [0.4, 0.5) is 27.5 Å². The number of benzene rings is 2. The van der Waals surface area contributed by atoms with Gasteiger partial charge in [-0.1, -0.05) is 11.6 Å². The van der Waals surface area contributed by atoms with Crippen molar-refractivity contribution in [3.05, 3.63) is 69.6 Å². The van der Waals surface area contributed by atoms with E-state index in [1.165, 1.54) is 24.9 Å². The Labute approximate surface area is 344 Å². The molecule has 59 heavy (non-hydrogen) atoms. The molecule has 2 aromatic heterocycles. The number of piperazine rings is 1. The van der Waals surface area contributed by atoms with Crippen LogP contribution in [0, 0.1) is 0 Å². The number of piperidine rings is 2. The Morgan fingerprint density at radius 2 is 1.76 bits per heavy atom. The van der Waals surface area contributed by atoms with Gasteiger partial charge in [0.1, 0.15) is 22.5 Å². The number of alkyl halides is 1. The first kappa shape index (κ1) is 41.2. The number of nitrogens with one attached hydrogen (secondary N) is 4. The zero-order valence-electron chi connectivity index (χ0n) is 33.0. The van der Waals surface area contributed by atoms with Gasteiger partial charge < -0.3 is 39.8 Å². The summed E-state index contributed by atoms with van der Waals surface area (Å²) in [6, 6.07) is 11.5. The van der Waals surface area contributed by atoms with Gasteiger partial charge in [-0.05, 0) is 42.8 Å². The van der Waals surface area contributed by atoms with Crippen molar-refractivity contribution in [2.45, 2.75) is 37.4 Å². The maximum Gasteiger partial charge on any atom is 0.293 e. The highest BCUT2D eigenvalue weighted by atomic mass is 35.5. The molecule has 1 unspecified atom stereocenters. The van der Waals surface area contributed by atoms with Crippen LogP contribution in [0.15, 0.2) is 53.5 Å². The van der Waals surface area contributed by atoms with Crippen LogP contribution in [-0.4, -0.2) is 121 Å². The highest BCUT2D eigenvalue weighted by Crippen LogP contribution is 2.33. The smallest absolute Gasteiger partial charge is 0.293 e. The third-order valence-electron chi connectivity index (χ3n) is 11.0. The van der Waals surface area contributed by atoms with E-state index in [2.05, 4.69) is 41.0 Å². The van der Waals surface area contributed by atoms with E-state index < -0.39 is 23.5 Å². The van der Waals surface area contributed by atoms with E-state index in [-0.39, 0.29) is 48.1 Å². The predicted octanol–water partition coefficient (Wildman–Crippen LogP) is 2.52. The van der Waals surface area contributed by atoms with E-state index in [4.69, 9.17) is 21.1 Å². The summed E-state index contributed by atoms with van der Waals surface area (Å²) in [6.07, 6.45) is 2.50. The van der Waals surface area contributed by atoms with Gasteiger partial charge in [0.05, 0.1) is 24.4 Å². The van der Waals surface area contributed by atoms with Gasteiger partial charge in [-0.15, -0.1) is 0 Å². The van der Waals surface area contributed by atoms with Gasteiger partial charge in [0.2, 0.25) is 17.8 Å². The Morgan fingerprint density at radius 3 is 2.47 bits per heavy atom. The number of pyridine rings is 1. The van der Waals surface area contributed by atoms with Crippen LogP contribution in [0.3, 0.4) is 0 Å². The van der Waals surface area contributed by atoms with E-state index in [0.717, 1.165) is 5.69 Å². The average Bonchev–Trinajstić information content (AvgIpc) is 3.23. The summed E-state index contributed by atoms with van der Waals surface area (Å²) in [7, 11) is 4.59. The molecule has 3 saturated heterocycles. The number of aromatic nitrogens is 3. The molecule has 3 aliphatic heterocycles. The van der Waals surface area contributed by atoms with Crippen LogP contribution in [0.1, 0.15) is 36.0 Å². The van der Waals surface area contributed by atoms with Crippen molar-refractivity contribution < 1.29 is 33.0 Å². The maximum atomic E-state index is 16.3. The SMILES string of the molecule is CNC(=O)COc1cc2cc(Nc3nc(N4CCC(F)(CN5CCN(c6ccc(C(=O)NC7CCC(=O)NC7=O)c(OC)c6)CC5)CC4)ncc3Cl)ccc2n(C)c1=O. The van der Waals surface area contributed by atoms with Crippen LogP contribution >= 0.6 is 11.6 Å². The number of hydrogen-bond acceptors (Lipinski definition) is 13. The lowest BCUT2D eigenvalue weighted by Gasteiger charge is -2.42. The largest absolute Gasteiger partial charge is 0.496 e. The number of rotatable bonds is 12. The quantitative estimate of drug-likeness (QED) is 0.153. The predicted molar refractivity (Wildman–Crippen MR) is 220 cm³/mol. The van der Waals surface area contributed by atoms with Gasteiger partial charge >= 0.3 is 0 Å². The number of fused-ring (bicyclic) bond motifs is 1. The van der Waals surface area contributed by atoms with Gasteiger partial charge in [-0.3, -0.25) is 34.2 Å². The first-order valence-electron chi connectivity index (χ1n) is 19.3. The molecule has 3 fully saturated rings. The fourth-order valence-corrected chi connectivity index (χ4v) is 7.68. The van der Waals surface area contributed by atoms with E-state index in [1.807, 2.05) is 17.0 Å². The molecule has 312 valence electrons. The standard InChI is InChI=1S/C40H46ClFN10O7/c1-43-34(54)22-59-32-19-24-18-25(4-8-30(24)49(2)38(32)57)45-35-28(41)21-44-39(48-35)52-12-10-40(42,11-13-52)23-50-14-16-51(17-15-50)26-5-6-27(31(20-26)58-3)36(55)46-29-7-9-33(53)47-37(29)56/h4-6,8,18-21,29H,7,9-17,22-23H2,1-3H3,(H,43,54)(H,46,55)(H,44,45,48)(H,47,53,56). The van der Waals surface area contributed by atoms with Crippen molar-refractivity contribution >= 4 is 69.3 Å². The van der Waals surface area contributed by atoms with Crippen molar-refractivity contribution in [3.63, 3.8) is 0 Å². The lowest BCUT2D eigenvalue weighted by atomic mass is 9.92. The lowest BCUT2D eigenvalue weighted by molar-refractivity contribution is -0.134. The number of amides is 4. The Bertz CT molecular complexity index is 2330. The molecule has 5 heterocycles. The van der Waals surface area contributed by atoms with Crippen molar-refractivity contribution in [3.8, 4) is 11.5 Å². The van der Waals surface area contributed by atoms with Gasteiger partial charge in [0.15, 0.2) is 18.2 Å². The maximum absolute atomic E-state index is 16.3. The number of halogens is 2. The molecule has 19 heteroatoms. The molecule has 0 spiro atoms. The van der Waals surface area contributed by atoms with Gasteiger partial charge in [0.25, 0.3) is 17.4 Å². The normalized spacial score (nSPS) is 18.3. The first-order chi connectivity index (χ1) is 28.3. The lowest BCUT2D eigenvalue weighted by Crippen LogP contribution is -2.53. The minimum absolute atomic E-state index is 0.0434. The number of hydrogen-bond donors (Lipinski definition) is 4. The molecule has 4 aromatic rings. The highest BCUT2D eigenvalue weighted by molar-refractivity contribution is 6.33. The number of carbonyl (C=O) groups is 4. The number of ether oxygens (including phenoxy) is 2. The molecule has 4 N–H and O–H groups in total. The second-order valence-corrected chi connectivity index (χ2v) is 15.3. The molecule has 3 aliphatic rings. The van der Waals surface area contributed by atoms with Crippen molar-refractivity contribution in [1.82, 2.24) is 35.4 Å². The molecule has 7 rings (SSSR count). The van der Waals surface area contributed by atoms with Crippen LogP contribution in [-0.2, 0) is 21.4 Å². The minimum atomic E-state index is -1.39. The van der Waals surface area contributed by atoms with Crippen LogP contribution < -0.4 is 46.1 Å². The summed E-state index contributed by atoms with van der Waals surface area (Å²) in [5.74, 6) is -0.508. The highest BCUT2D eigenvalue weighted by Gasteiger charge is 2.38. The Morgan fingerprint density at radius 1 is 1.00 bits per heavy atom. The van der Waals surface area contributed by atoms with Crippen LogP contribution in [0.25, 0.3) is 10.9 Å². The molecule has 0 saturated carbocycles. The van der Waals surface area contributed by atoms with Gasteiger partial charge in [-0.25, -0.2) is 9.37 Å². The third-order valence-corrected chi connectivity index (χ3v) is 11.3. The summed E-state index contributed by atoms with van der Waals surface area (Å²) in [5.41, 5.74) is 0.700. The summed E-state index contributed by atoms with van der Waals surface area (Å²) in [5, 5.41) is 11.6. The van der Waals surface area contributed by atoms with Gasteiger partial charge in [0, 0.05) is 102 Å². The fraction of sp³-hybridized carbons (Fsp3) is 0.425. The number of methoxy groups -OCH3 is 1. The molecule has 0 aliphatic carbocycles. The molecule has 4 amide bonds. The average molecular weight is 833 g/mol. The monoisotopic (exact) mass is 832 g/mol. The number of likely N-dealkylation sites (N-methyl/N-ethyl adjacent to an activating group) is 1. The first-order valence-corrected chi connectivity index (χ1v) is 19.7. The van der Waals surface area contributed by atoms with Crippen LogP contribution in [0.5, 0.6) is 11.5 Å². The molecule has 0 radical (unpaired) electrons. The Hall–Kier alpha value is -6.01. The van der Waals surface area contributed by atoms with Crippen molar-refractivity contribution in [2.24, 2.45) is 7.05 Å².